The average molecular weight is 412 g/mol. The van der Waals surface area contributed by atoms with E-state index in [-0.39, 0.29) is 11.3 Å². The second-order valence-electron chi connectivity index (χ2n) is 7.01. The number of nitrogens with zero attached hydrogens (tertiary/aromatic N) is 3. The van der Waals surface area contributed by atoms with Crippen molar-refractivity contribution < 1.29 is 14.5 Å². The fourth-order valence-electron chi connectivity index (χ4n) is 3.71. The maximum absolute atomic E-state index is 13.1. The fraction of sp³-hybridized carbons (Fsp3) is 0.0435. The highest BCUT2D eigenvalue weighted by Crippen LogP contribution is 2.42. The molecule has 1 aromatic heterocycles. The molecule has 0 aliphatic carbocycles. The van der Waals surface area contributed by atoms with Crippen LogP contribution in [0.1, 0.15) is 27.5 Å². The number of nitrogens with one attached hydrogen (secondary N) is 1. The fourth-order valence-corrected chi connectivity index (χ4v) is 3.71. The summed E-state index contributed by atoms with van der Waals surface area (Å²) in [6.45, 7) is 0. The largest absolute Gasteiger partial charge is 0.457 e. The van der Waals surface area contributed by atoms with Crippen LogP contribution in [-0.4, -0.2) is 20.4 Å². The SMILES string of the molecule is O=C(NC1c2ccccc2Oc2ccccc21)c1ccc(-n2ccnc2)c([N+](=O)[O-])c1. The molecule has 2 heterocycles. The number of imidazole rings is 1. The molecule has 0 saturated carbocycles. The van der Waals surface area contributed by atoms with E-state index in [1.54, 1.807) is 18.3 Å². The van der Waals surface area contributed by atoms with Crippen LogP contribution in [0.5, 0.6) is 11.5 Å². The summed E-state index contributed by atoms with van der Waals surface area (Å²) < 4.78 is 7.49. The van der Waals surface area contributed by atoms with Crippen LogP contribution < -0.4 is 10.1 Å². The van der Waals surface area contributed by atoms with Crippen molar-refractivity contribution in [3.8, 4) is 17.2 Å². The summed E-state index contributed by atoms with van der Waals surface area (Å²) in [6, 6.07) is 18.9. The van der Waals surface area contributed by atoms with Crippen molar-refractivity contribution in [2.24, 2.45) is 0 Å². The second kappa shape index (κ2) is 7.42. The van der Waals surface area contributed by atoms with Crippen LogP contribution in [-0.2, 0) is 0 Å². The molecule has 1 amide bonds. The molecule has 0 radical (unpaired) electrons. The first kappa shape index (κ1) is 18.6. The lowest BCUT2D eigenvalue weighted by Gasteiger charge is -2.28. The van der Waals surface area contributed by atoms with E-state index in [0.29, 0.717) is 17.2 Å². The molecule has 31 heavy (non-hydrogen) atoms. The number of carbonyl (C=O) groups is 1. The Balaban J connectivity index is 1.51. The molecular formula is C23H16N4O4. The van der Waals surface area contributed by atoms with Gasteiger partial charge in [-0.1, -0.05) is 36.4 Å². The molecule has 0 spiro atoms. The number of ether oxygens (including phenoxy) is 1. The minimum absolute atomic E-state index is 0.182. The number of benzene rings is 3. The highest BCUT2D eigenvalue weighted by Gasteiger charge is 2.29. The van der Waals surface area contributed by atoms with Gasteiger partial charge >= 0.3 is 0 Å². The van der Waals surface area contributed by atoms with Gasteiger partial charge in [0.05, 0.1) is 17.3 Å². The van der Waals surface area contributed by atoms with Gasteiger partial charge in [-0.3, -0.25) is 14.9 Å². The third-order valence-corrected chi connectivity index (χ3v) is 5.17. The van der Waals surface area contributed by atoms with Crippen molar-refractivity contribution in [1.82, 2.24) is 14.9 Å². The summed E-state index contributed by atoms with van der Waals surface area (Å²) in [4.78, 5) is 28.2. The van der Waals surface area contributed by atoms with E-state index in [9.17, 15) is 14.9 Å². The van der Waals surface area contributed by atoms with Crippen LogP contribution in [0, 0.1) is 10.1 Å². The number of hydrogen-bond donors (Lipinski definition) is 1. The number of nitro groups is 1. The van der Waals surface area contributed by atoms with Gasteiger partial charge in [0.1, 0.15) is 17.2 Å². The third kappa shape index (κ3) is 3.29. The van der Waals surface area contributed by atoms with E-state index in [0.717, 1.165) is 11.1 Å². The zero-order valence-electron chi connectivity index (χ0n) is 16.1. The van der Waals surface area contributed by atoms with E-state index in [4.69, 9.17) is 4.74 Å². The van der Waals surface area contributed by atoms with Crippen LogP contribution in [0.2, 0.25) is 0 Å². The lowest BCUT2D eigenvalue weighted by molar-refractivity contribution is -0.384. The van der Waals surface area contributed by atoms with E-state index in [1.807, 2.05) is 48.5 Å². The molecular weight excluding hydrogens is 396 g/mol. The number of fused-ring (bicyclic) bond motifs is 2. The zero-order valence-corrected chi connectivity index (χ0v) is 16.1. The van der Waals surface area contributed by atoms with Crippen LogP contribution in [0.25, 0.3) is 5.69 Å². The highest BCUT2D eigenvalue weighted by atomic mass is 16.6. The molecule has 3 aromatic carbocycles. The maximum atomic E-state index is 13.1. The summed E-state index contributed by atoms with van der Waals surface area (Å²) in [6.07, 6.45) is 4.61. The van der Waals surface area contributed by atoms with Crippen LogP contribution in [0.15, 0.2) is 85.5 Å². The van der Waals surface area contributed by atoms with Crippen molar-refractivity contribution in [1.29, 1.82) is 0 Å². The summed E-state index contributed by atoms with van der Waals surface area (Å²) in [5.74, 6) is 0.901. The number of carbonyl (C=O) groups excluding carboxylic acids is 1. The quantitative estimate of drug-likeness (QED) is 0.395. The monoisotopic (exact) mass is 412 g/mol. The minimum Gasteiger partial charge on any atom is -0.457 e. The van der Waals surface area contributed by atoms with Gasteiger partial charge in [-0.2, -0.15) is 0 Å². The Morgan fingerprint density at radius 1 is 1.03 bits per heavy atom. The average Bonchev–Trinajstić information content (AvgIpc) is 3.33. The van der Waals surface area contributed by atoms with Crippen molar-refractivity contribution in [2.45, 2.75) is 6.04 Å². The summed E-state index contributed by atoms with van der Waals surface area (Å²) >= 11 is 0. The Morgan fingerprint density at radius 2 is 1.71 bits per heavy atom. The van der Waals surface area contributed by atoms with Crippen molar-refractivity contribution >= 4 is 11.6 Å². The molecule has 1 aliphatic heterocycles. The summed E-state index contributed by atoms with van der Waals surface area (Å²) in [5.41, 5.74) is 1.98. The molecule has 0 unspecified atom stereocenters. The van der Waals surface area contributed by atoms with Crippen LogP contribution in [0.4, 0.5) is 5.69 Å². The van der Waals surface area contributed by atoms with E-state index in [2.05, 4.69) is 10.3 Å². The predicted octanol–water partition coefficient (Wildman–Crippen LogP) is 4.41. The first-order chi connectivity index (χ1) is 15.1. The van der Waals surface area contributed by atoms with Gasteiger partial charge in [0, 0.05) is 35.2 Å². The summed E-state index contributed by atoms with van der Waals surface area (Å²) in [7, 11) is 0. The Hall–Kier alpha value is -4.46. The Labute approximate surface area is 176 Å². The lowest BCUT2D eigenvalue weighted by Crippen LogP contribution is -2.31. The van der Waals surface area contributed by atoms with Crippen molar-refractivity contribution in [3.05, 3.63) is 112 Å². The molecule has 1 aliphatic rings. The molecule has 0 saturated heterocycles. The van der Waals surface area contributed by atoms with Crippen molar-refractivity contribution in [3.63, 3.8) is 0 Å². The number of amides is 1. The molecule has 1 N–H and O–H groups in total. The Bertz CT molecular complexity index is 1260. The number of aromatic nitrogens is 2. The minimum atomic E-state index is -0.509. The zero-order chi connectivity index (χ0) is 21.4. The molecule has 0 atom stereocenters. The van der Waals surface area contributed by atoms with Gasteiger partial charge in [0.2, 0.25) is 0 Å². The molecule has 0 fully saturated rings. The number of para-hydroxylation sites is 2. The standard InChI is InChI=1S/C23H16N4O4/c28-23(15-9-10-18(19(13-15)27(29)30)26-12-11-24-14-26)25-22-16-5-1-3-7-20(16)31-21-8-4-2-6-17(21)22/h1-14,22H,(H,25,28). The molecule has 0 bridgehead atoms. The molecule has 8 heteroatoms. The van der Waals surface area contributed by atoms with E-state index >= 15 is 0 Å². The first-order valence-electron chi connectivity index (χ1n) is 9.55. The van der Waals surface area contributed by atoms with Gasteiger partial charge in [0.15, 0.2) is 0 Å². The summed E-state index contributed by atoms with van der Waals surface area (Å²) in [5, 5.41) is 14.6. The Morgan fingerprint density at radius 3 is 2.32 bits per heavy atom. The van der Waals surface area contributed by atoms with Gasteiger partial charge in [0.25, 0.3) is 11.6 Å². The smallest absolute Gasteiger partial charge is 0.294 e. The third-order valence-electron chi connectivity index (χ3n) is 5.17. The van der Waals surface area contributed by atoms with Gasteiger partial charge in [-0.15, -0.1) is 0 Å². The van der Waals surface area contributed by atoms with Gasteiger partial charge in [-0.05, 0) is 24.3 Å². The molecule has 4 aromatic rings. The number of hydrogen-bond acceptors (Lipinski definition) is 5. The maximum Gasteiger partial charge on any atom is 0.294 e. The second-order valence-corrected chi connectivity index (χ2v) is 7.01. The van der Waals surface area contributed by atoms with E-state index < -0.39 is 16.9 Å². The predicted molar refractivity (Wildman–Crippen MR) is 112 cm³/mol. The molecule has 8 nitrogen and oxygen atoms in total. The van der Waals surface area contributed by atoms with Crippen LogP contribution >= 0.6 is 0 Å². The lowest BCUT2D eigenvalue weighted by atomic mass is 9.94. The first-order valence-corrected chi connectivity index (χ1v) is 9.55. The van der Waals surface area contributed by atoms with Gasteiger partial charge in [-0.25, -0.2) is 4.98 Å². The molecule has 5 rings (SSSR count). The van der Waals surface area contributed by atoms with Crippen molar-refractivity contribution in [2.75, 3.05) is 0 Å². The number of nitro benzene ring substituents is 1. The normalized spacial score (nSPS) is 12.4. The Kier molecular flexibility index (Phi) is 4.44. The topological polar surface area (TPSA) is 99.3 Å². The van der Waals surface area contributed by atoms with Crippen LogP contribution in [0.3, 0.4) is 0 Å². The van der Waals surface area contributed by atoms with E-state index in [1.165, 1.54) is 23.2 Å². The number of rotatable bonds is 4. The van der Waals surface area contributed by atoms with Gasteiger partial charge < -0.3 is 14.6 Å². The highest BCUT2D eigenvalue weighted by molar-refractivity contribution is 5.96. The molecule has 152 valence electrons.